The van der Waals surface area contributed by atoms with Crippen LogP contribution in [0, 0.1) is 0 Å². The van der Waals surface area contributed by atoms with Gasteiger partial charge in [-0.3, -0.25) is 0 Å². The topological polar surface area (TPSA) is 73.1 Å². The van der Waals surface area contributed by atoms with Gasteiger partial charge in [0, 0.05) is 5.25 Å². The summed E-state index contributed by atoms with van der Waals surface area (Å²) in [4.78, 5) is 0. The van der Waals surface area contributed by atoms with E-state index in [1.54, 1.807) is 24.3 Å². The Hall–Kier alpha value is -2.75. The summed E-state index contributed by atoms with van der Waals surface area (Å²) in [7, 11) is 0. The van der Waals surface area contributed by atoms with E-state index in [0.29, 0.717) is 10.8 Å². The minimum Gasteiger partial charge on any atom is -0.508 e. The van der Waals surface area contributed by atoms with Crippen LogP contribution in [0.5, 0.6) is 11.5 Å². The molecule has 1 N–H and O–H groups in total. The fraction of sp³-hybridized carbons (Fsp3) is 0.188. The Kier molecular flexibility index (Phi) is 5.03. The SMILES string of the molecule is CC(Sc1nnnn1-c1ccc(O)cc1)c1ccc(OC(F)(F)F)cc1. The van der Waals surface area contributed by atoms with Crippen LogP contribution in [0.2, 0.25) is 0 Å². The quantitative estimate of drug-likeness (QED) is 0.669. The van der Waals surface area contributed by atoms with Gasteiger partial charge in [0.2, 0.25) is 5.16 Å². The molecule has 0 saturated carbocycles. The molecule has 1 unspecified atom stereocenters. The van der Waals surface area contributed by atoms with Crippen LogP contribution in [0.1, 0.15) is 17.7 Å². The average Bonchev–Trinajstić information content (AvgIpc) is 3.03. The second-order valence-corrected chi connectivity index (χ2v) is 6.57. The van der Waals surface area contributed by atoms with Crippen LogP contribution in [0.3, 0.4) is 0 Å². The summed E-state index contributed by atoms with van der Waals surface area (Å²) in [5.41, 5.74) is 1.47. The van der Waals surface area contributed by atoms with Gasteiger partial charge in [-0.05, 0) is 59.3 Å². The zero-order chi connectivity index (χ0) is 18.7. The summed E-state index contributed by atoms with van der Waals surface area (Å²) in [6.45, 7) is 1.89. The van der Waals surface area contributed by atoms with Crippen molar-refractivity contribution in [2.24, 2.45) is 0 Å². The summed E-state index contributed by atoms with van der Waals surface area (Å²) in [5, 5.41) is 21.3. The molecule has 1 atom stereocenters. The van der Waals surface area contributed by atoms with Gasteiger partial charge in [0.1, 0.15) is 11.5 Å². The molecule has 0 spiro atoms. The van der Waals surface area contributed by atoms with E-state index in [-0.39, 0.29) is 16.7 Å². The summed E-state index contributed by atoms with van der Waals surface area (Å²) >= 11 is 1.35. The molecule has 0 saturated heterocycles. The molecule has 0 aliphatic carbocycles. The van der Waals surface area contributed by atoms with Crippen LogP contribution in [-0.4, -0.2) is 31.7 Å². The number of hydrogen-bond acceptors (Lipinski definition) is 6. The number of ether oxygens (including phenoxy) is 1. The molecular weight excluding hydrogens is 369 g/mol. The van der Waals surface area contributed by atoms with Crippen molar-refractivity contribution in [3.05, 3.63) is 54.1 Å². The smallest absolute Gasteiger partial charge is 0.508 e. The second-order valence-electron chi connectivity index (χ2n) is 5.27. The van der Waals surface area contributed by atoms with Crippen molar-refractivity contribution in [2.45, 2.75) is 23.7 Å². The van der Waals surface area contributed by atoms with E-state index in [0.717, 1.165) is 5.56 Å². The highest BCUT2D eigenvalue weighted by molar-refractivity contribution is 7.99. The van der Waals surface area contributed by atoms with Crippen molar-refractivity contribution in [2.75, 3.05) is 0 Å². The Morgan fingerprint density at radius 2 is 1.73 bits per heavy atom. The number of nitrogens with zero attached hydrogens (tertiary/aromatic N) is 4. The predicted molar refractivity (Wildman–Crippen MR) is 88.2 cm³/mol. The monoisotopic (exact) mass is 382 g/mol. The molecule has 0 radical (unpaired) electrons. The van der Waals surface area contributed by atoms with Gasteiger partial charge in [-0.1, -0.05) is 23.9 Å². The maximum absolute atomic E-state index is 12.2. The standard InChI is InChI=1S/C16H13F3N4O2S/c1-10(11-2-8-14(9-3-11)25-16(17,18)19)26-15-20-21-22-23(15)12-4-6-13(24)7-5-12/h2-10,24H,1H3. The summed E-state index contributed by atoms with van der Waals surface area (Å²) in [6, 6.07) is 12.0. The Bertz CT molecular complexity index is 866. The fourth-order valence-electron chi connectivity index (χ4n) is 2.17. The molecule has 2 aromatic carbocycles. The van der Waals surface area contributed by atoms with E-state index in [1.165, 1.54) is 40.7 Å². The van der Waals surface area contributed by atoms with E-state index in [4.69, 9.17) is 0 Å². The Morgan fingerprint density at radius 3 is 2.35 bits per heavy atom. The molecule has 136 valence electrons. The van der Waals surface area contributed by atoms with Gasteiger partial charge in [0.15, 0.2) is 0 Å². The number of halogens is 3. The molecule has 26 heavy (non-hydrogen) atoms. The van der Waals surface area contributed by atoms with Crippen molar-refractivity contribution >= 4 is 11.8 Å². The molecule has 1 heterocycles. The maximum Gasteiger partial charge on any atom is 0.573 e. The third-order valence-electron chi connectivity index (χ3n) is 3.40. The van der Waals surface area contributed by atoms with E-state index in [9.17, 15) is 18.3 Å². The molecule has 0 fully saturated rings. The zero-order valence-corrected chi connectivity index (χ0v) is 14.2. The molecule has 3 rings (SSSR count). The molecule has 3 aromatic rings. The predicted octanol–water partition coefficient (Wildman–Crippen LogP) is 4.12. The second kappa shape index (κ2) is 7.24. The number of alkyl halides is 3. The number of thioether (sulfide) groups is 1. The third kappa shape index (κ3) is 4.45. The number of phenolic OH excluding ortho intramolecular Hbond substituents is 1. The van der Waals surface area contributed by atoms with Gasteiger partial charge < -0.3 is 9.84 Å². The number of aromatic hydroxyl groups is 1. The van der Waals surface area contributed by atoms with Gasteiger partial charge in [-0.15, -0.1) is 18.3 Å². The van der Waals surface area contributed by atoms with Crippen molar-refractivity contribution < 1.29 is 23.0 Å². The Balaban J connectivity index is 1.74. The Labute approximate surface area is 150 Å². The van der Waals surface area contributed by atoms with Crippen LogP contribution in [0.15, 0.2) is 53.7 Å². The lowest BCUT2D eigenvalue weighted by atomic mass is 10.2. The molecule has 0 aliphatic rings. The van der Waals surface area contributed by atoms with Crippen LogP contribution < -0.4 is 4.74 Å². The molecule has 1 aromatic heterocycles. The van der Waals surface area contributed by atoms with E-state index in [2.05, 4.69) is 20.3 Å². The third-order valence-corrected chi connectivity index (χ3v) is 4.49. The van der Waals surface area contributed by atoms with Gasteiger partial charge in [-0.25, -0.2) is 0 Å². The number of tetrazole rings is 1. The number of aromatic nitrogens is 4. The number of hydrogen-bond donors (Lipinski definition) is 1. The number of benzene rings is 2. The lowest BCUT2D eigenvalue weighted by Gasteiger charge is -2.13. The first kappa shape index (κ1) is 18.1. The summed E-state index contributed by atoms with van der Waals surface area (Å²) in [6.07, 6.45) is -4.71. The molecule has 0 amide bonds. The van der Waals surface area contributed by atoms with E-state index >= 15 is 0 Å². The van der Waals surface area contributed by atoms with Crippen LogP contribution in [0.25, 0.3) is 5.69 Å². The highest BCUT2D eigenvalue weighted by Crippen LogP contribution is 2.35. The normalized spacial score (nSPS) is 12.8. The Morgan fingerprint density at radius 1 is 1.08 bits per heavy atom. The zero-order valence-electron chi connectivity index (χ0n) is 13.4. The van der Waals surface area contributed by atoms with Crippen molar-refractivity contribution in [3.8, 4) is 17.2 Å². The summed E-state index contributed by atoms with van der Waals surface area (Å²) in [5.74, 6) is -0.141. The first-order valence-electron chi connectivity index (χ1n) is 7.42. The lowest BCUT2D eigenvalue weighted by Crippen LogP contribution is -2.17. The average molecular weight is 382 g/mol. The van der Waals surface area contributed by atoms with Crippen LogP contribution in [0.4, 0.5) is 13.2 Å². The summed E-state index contributed by atoms with van der Waals surface area (Å²) < 4.78 is 42.0. The minimum absolute atomic E-state index is 0.114. The van der Waals surface area contributed by atoms with Crippen molar-refractivity contribution in [1.29, 1.82) is 0 Å². The largest absolute Gasteiger partial charge is 0.573 e. The molecule has 6 nitrogen and oxygen atoms in total. The van der Waals surface area contributed by atoms with E-state index in [1.807, 2.05) is 6.92 Å². The highest BCUT2D eigenvalue weighted by Gasteiger charge is 2.31. The van der Waals surface area contributed by atoms with Crippen molar-refractivity contribution in [3.63, 3.8) is 0 Å². The molecule has 0 aliphatic heterocycles. The van der Waals surface area contributed by atoms with E-state index < -0.39 is 6.36 Å². The lowest BCUT2D eigenvalue weighted by molar-refractivity contribution is -0.274. The van der Waals surface area contributed by atoms with Gasteiger partial charge in [0.25, 0.3) is 0 Å². The number of rotatable bonds is 5. The van der Waals surface area contributed by atoms with Gasteiger partial charge >= 0.3 is 6.36 Å². The molecule has 10 heteroatoms. The first-order chi connectivity index (χ1) is 12.3. The molecular formula is C16H13F3N4O2S. The maximum atomic E-state index is 12.2. The van der Waals surface area contributed by atoms with Crippen LogP contribution in [-0.2, 0) is 0 Å². The van der Waals surface area contributed by atoms with Gasteiger partial charge in [0.05, 0.1) is 5.69 Å². The highest BCUT2D eigenvalue weighted by atomic mass is 32.2. The fourth-order valence-corrected chi connectivity index (χ4v) is 3.11. The van der Waals surface area contributed by atoms with Gasteiger partial charge in [-0.2, -0.15) is 4.68 Å². The van der Waals surface area contributed by atoms with Crippen molar-refractivity contribution in [1.82, 2.24) is 20.2 Å². The first-order valence-corrected chi connectivity index (χ1v) is 8.30. The number of phenols is 1. The molecule has 0 bridgehead atoms. The van der Waals surface area contributed by atoms with Crippen LogP contribution >= 0.6 is 11.8 Å². The minimum atomic E-state index is -4.71.